The van der Waals surface area contributed by atoms with Crippen LogP contribution < -0.4 is 0 Å². The van der Waals surface area contributed by atoms with E-state index in [4.69, 9.17) is 16.3 Å². The largest absolute Gasteiger partial charge is 0.379 e. The van der Waals surface area contributed by atoms with Gasteiger partial charge in [0.05, 0.1) is 6.61 Å². The van der Waals surface area contributed by atoms with Crippen LogP contribution >= 0.6 is 11.6 Å². The number of carbonyl (C=O) groups is 1. The molecule has 0 aromatic heterocycles. The number of alkyl halides is 1. The van der Waals surface area contributed by atoms with Crippen molar-refractivity contribution in [3.05, 3.63) is 0 Å². The molecule has 0 saturated carbocycles. The number of carbonyl (C=O) groups excluding carboxylic acids is 1. The van der Waals surface area contributed by atoms with Crippen LogP contribution in [-0.2, 0) is 9.53 Å². The monoisotopic (exact) mass is 148 g/mol. The smallest absolute Gasteiger partial charge is 0.153 e. The van der Waals surface area contributed by atoms with Crippen LogP contribution in [0.5, 0.6) is 0 Å². The molecule has 0 bridgehead atoms. The summed E-state index contributed by atoms with van der Waals surface area (Å²) in [7, 11) is 0. The minimum absolute atomic E-state index is 0.0154. The van der Waals surface area contributed by atoms with Gasteiger partial charge in [0.1, 0.15) is 4.87 Å². The second-order valence-corrected chi connectivity index (χ2v) is 3.05. The molecule has 0 aliphatic carbocycles. The van der Waals surface area contributed by atoms with Crippen molar-refractivity contribution < 1.29 is 9.53 Å². The lowest BCUT2D eigenvalue weighted by atomic mass is 10.0. The minimum Gasteiger partial charge on any atom is -0.379 e. The molecular formula is C6H9ClO2. The van der Waals surface area contributed by atoms with Gasteiger partial charge in [0.2, 0.25) is 0 Å². The SMILES string of the molecule is CC(=O)C1(Cl)CCOC1. The molecule has 1 fully saturated rings. The fraction of sp³-hybridized carbons (Fsp3) is 0.833. The highest BCUT2D eigenvalue weighted by atomic mass is 35.5. The third-order valence-electron chi connectivity index (χ3n) is 1.60. The first kappa shape index (κ1) is 7.03. The third-order valence-corrected chi connectivity index (χ3v) is 2.17. The van der Waals surface area contributed by atoms with E-state index in [1.165, 1.54) is 6.92 Å². The molecule has 0 aromatic carbocycles. The number of rotatable bonds is 1. The van der Waals surface area contributed by atoms with E-state index in [0.29, 0.717) is 19.6 Å². The van der Waals surface area contributed by atoms with E-state index in [1.54, 1.807) is 0 Å². The Kier molecular flexibility index (Phi) is 1.78. The van der Waals surface area contributed by atoms with E-state index in [2.05, 4.69) is 0 Å². The zero-order valence-electron chi connectivity index (χ0n) is 5.32. The molecule has 1 rings (SSSR count). The van der Waals surface area contributed by atoms with Crippen LogP contribution in [0.15, 0.2) is 0 Å². The normalized spacial score (nSPS) is 34.9. The average molecular weight is 149 g/mol. The summed E-state index contributed by atoms with van der Waals surface area (Å²) in [6, 6.07) is 0. The summed E-state index contributed by atoms with van der Waals surface area (Å²) in [6.45, 7) is 2.49. The summed E-state index contributed by atoms with van der Waals surface area (Å²) in [5.41, 5.74) is 0. The number of Topliss-reactive ketones (excluding diaryl/α,β-unsaturated/α-hetero) is 1. The molecule has 0 spiro atoms. The van der Waals surface area contributed by atoms with Gasteiger partial charge < -0.3 is 4.74 Å². The van der Waals surface area contributed by atoms with E-state index in [0.717, 1.165) is 0 Å². The average Bonchev–Trinajstić information content (AvgIpc) is 2.16. The Labute approximate surface area is 59.1 Å². The molecule has 1 heterocycles. The van der Waals surface area contributed by atoms with E-state index in [9.17, 15) is 4.79 Å². The van der Waals surface area contributed by atoms with Gasteiger partial charge >= 0.3 is 0 Å². The second-order valence-electron chi connectivity index (χ2n) is 2.32. The molecule has 52 valence electrons. The molecule has 0 aromatic rings. The Balaban J connectivity index is 2.61. The van der Waals surface area contributed by atoms with Gasteiger partial charge in [0.15, 0.2) is 5.78 Å². The number of hydrogen-bond acceptors (Lipinski definition) is 2. The van der Waals surface area contributed by atoms with Crippen molar-refractivity contribution in [1.82, 2.24) is 0 Å². The number of ether oxygens (including phenoxy) is 1. The summed E-state index contributed by atoms with van der Waals surface area (Å²) in [6.07, 6.45) is 0.657. The van der Waals surface area contributed by atoms with Crippen molar-refractivity contribution in [1.29, 1.82) is 0 Å². The van der Waals surface area contributed by atoms with Gasteiger partial charge in [-0.25, -0.2) is 0 Å². The predicted molar refractivity (Wildman–Crippen MR) is 34.7 cm³/mol. The second kappa shape index (κ2) is 2.27. The van der Waals surface area contributed by atoms with Crippen LogP contribution in [0.3, 0.4) is 0 Å². The maximum absolute atomic E-state index is 10.8. The summed E-state index contributed by atoms with van der Waals surface area (Å²) in [5, 5.41) is 0. The van der Waals surface area contributed by atoms with Gasteiger partial charge in [0, 0.05) is 6.61 Å². The lowest BCUT2D eigenvalue weighted by Gasteiger charge is -2.12. The summed E-state index contributed by atoms with van der Waals surface area (Å²) in [5.74, 6) is 0.0154. The molecule has 0 amide bonds. The first-order chi connectivity index (χ1) is 4.15. The van der Waals surface area contributed by atoms with Crippen LogP contribution in [0.4, 0.5) is 0 Å². The Morgan fingerprint density at radius 1 is 1.78 bits per heavy atom. The summed E-state index contributed by atoms with van der Waals surface area (Å²) < 4.78 is 4.97. The van der Waals surface area contributed by atoms with Crippen molar-refractivity contribution in [3.8, 4) is 0 Å². The molecule has 0 radical (unpaired) electrons. The molecule has 2 nitrogen and oxygen atoms in total. The zero-order valence-corrected chi connectivity index (χ0v) is 6.07. The highest BCUT2D eigenvalue weighted by Crippen LogP contribution is 2.26. The van der Waals surface area contributed by atoms with Gasteiger partial charge in [-0.1, -0.05) is 0 Å². The number of halogens is 1. The Bertz CT molecular complexity index is 127. The molecule has 1 unspecified atom stereocenters. The molecule has 1 aliphatic heterocycles. The molecule has 3 heteroatoms. The molecule has 1 aliphatic rings. The van der Waals surface area contributed by atoms with Crippen molar-refractivity contribution in [2.75, 3.05) is 13.2 Å². The number of hydrogen-bond donors (Lipinski definition) is 0. The lowest BCUT2D eigenvalue weighted by molar-refractivity contribution is -0.119. The summed E-state index contributed by atoms with van der Waals surface area (Å²) in [4.78, 5) is 10.1. The Hall–Kier alpha value is -0.0800. The summed E-state index contributed by atoms with van der Waals surface area (Å²) >= 11 is 5.83. The highest BCUT2D eigenvalue weighted by Gasteiger charge is 2.36. The minimum atomic E-state index is -0.694. The van der Waals surface area contributed by atoms with Crippen molar-refractivity contribution in [3.63, 3.8) is 0 Å². The fourth-order valence-corrected chi connectivity index (χ4v) is 0.972. The standard InChI is InChI=1S/C6H9ClO2/c1-5(8)6(7)2-3-9-4-6/h2-4H2,1H3. The first-order valence-electron chi connectivity index (χ1n) is 2.93. The van der Waals surface area contributed by atoms with E-state index < -0.39 is 4.87 Å². The van der Waals surface area contributed by atoms with Gasteiger partial charge in [-0.3, -0.25) is 4.79 Å². The van der Waals surface area contributed by atoms with Crippen molar-refractivity contribution >= 4 is 17.4 Å². The molecule has 1 atom stereocenters. The van der Waals surface area contributed by atoms with Crippen LogP contribution in [0.2, 0.25) is 0 Å². The molecular weight excluding hydrogens is 140 g/mol. The topological polar surface area (TPSA) is 26.3 Å². The quantitative estimate of drug-likeness (QED) is 0.518. The zero-order chi connectivity index (χ0) is 6.91. The van der Waals surface area contributed by atoms with Gasteiger partial charge in [-0.05, 0) is 13.3 Å². The van der Waals surface area contributed by atoms with E-state index in [1.807, 2.05) is 0 Å². The maximum atomic E-state index is 10.8. The predicted octanol–water partition coefficient (Wildman–Crippen LogP) is 0.973. The van der Waals surface area contributed by atoms with Gasteiger partial charge in [-0.2, -0.15) is 0 Å². The first-order valence-corrected chi connectivity index (χ1v) is 3.31. The fourth-order valence-electron chi connectivity index (χ4n) is 0.818. The Morgan fingerprint density at radius 3 is 2.67 bits per heavy atom. The lowest BCUT2D eigenvalue weighted by Crippen LogP contribution is -2.30. The number of ketones is 1. The Morgan fingerprint density at radius 2 is 2.44 bits per heavy atom. The van der Waals surface area contributed by atoms with Crippen molar-refractivity contribution in [2.24, 2.45) is 0 Å². The van der Waals surface area contributed by atoms with Gasteiger partial charge in [0.25, 0.3) is 0 Å². The third kappa shape index (κ3) is 1.25. The van der Waals surface area contributed by atoms with E-state index >= 15 is 0 Å². The molecule has 9 heavy (non-hydrogen) atoms. The van der Waals surface area contributed by atoms with Crippen molar-refractivity contribution in [2.45, 2.75) is 18.2 Å². The van der Waals surface area contributed by atoms with E-state index in [-0.39, 0.29) is 5.78 Å². The van der Waals surface area contributed by atoms with Crippen LogP contribution in [0.25, 0.3) is 0 Å². The molecule has 1 saturated heterocycles. The van der Waals surface area contributed by atoms with Gasteiger partial charge in [-0.15, -0.1) is 11.6 Å². The van der Waals surface area contributed by atoms with Crippen LogP contribution in [-0.4, -0.2) is 23.9 Å². The highest BCUT2D eigenvalue weighted by molar-refractivity contribution is 6.35. The van der Waals surface area contributed by atoms with Crippen LogP contribution in [0, 0.1) is 0 Å². The van der Waals surface area contributed by atoms with Crippen LogP contribution in [0.1, 0.15) is 13.3 Å². The maximum Gasteiger partial charge on any atom is 0.153 e. The molecule has 0 N–H and O–H groups in total.